The third-order valence-electron chi connectivity index (χ3n) is 4.23. The molecule has 0 spiro atoms. The third-order valence-corrected chi connectivity index (χ3v) is 4.23. The number of hydrogen-bond donors (Lipinski definition) is 4. The second-order valence-electron chi connectivity index (χ2n) is 6.22. The Hall–Kier alpha value is -3.13. The minimum absolute atomic E-state index is 0.149. The Bertz CT molecular complexity index is 823. The number of esters is 1. The number of ether oxygens (including phenoxy) is 1. The SMILES string of the molecule is C[C@H](COC(=O)c1ccc(F)cc1)C(c1ccc(O)c(O)c1)[C@H](N)C(=O)O. The number of carboxylic acid groups (broad SMARTS) is 1. The molecule has 3 atom stereocenters. The van der Waals surface area contributed by atoms with Gasteiger partial charge in [0.2, 0.25) is 0 Å². The fraction of sp³-hybridized carbons (Fsp3) is 0.263. The number of phenols is 2. The van der Waals surface area contributed by atoms with Crippen molar-refractivity contribution in [1.29, 1.82) is 0 Å². The van der Waals surface area contributed by atoms with Crippen molar-refractivity contribution in [3.63, 3.8) is 0 Å². The van der Waals surface area contributed by atoms with E-state index in [0.29, 0.717) is 5.56 Å². The van der Waals surface area contributed by atoms with Gasteiger partial charge in [-0.2, -0.15) is 0 Å². The van der Waals surface area contributed by atoms with Crippen LogP contribution in [0.4, 0.5) is 4.39 Å². The molecule has 0 saturated carbocycles. The molecule has 0 amide bonds. The largest absolute Gasteiger partial charge is 0.504 e. The number of hydrogen-bond acceptors (Lipinski definition) is 6. The molecule has 0 aliphatic heterocycles. The van der Waals surface area contributed by atoms with Crippen LogP contribution in [0.15, 0.2) is 42.5 Å². The molecule has 144 valence electrons. The number of rotatable bonds is 7. The molecule has 1 unspecified atom stereocenters. The molecular formula is C19H20FNO6. The molecule has 0 fully saturated rings. The molecule has 8 heteroatoms. The Balaban J connectivity index is 2.17. The molecule has 0 heterocycles. The van der Waals surface area contributed by atoms with Crippen LogP contribution in [-0.2, 0) is 9.53 Å². The van der Waals surface area contributed by atoms with Gasteiger partial charge in [-0.15, -0.1) is 0 Å². The fourth-order valence-electron chi connectivity index (χ4n) is 2.77. The summed E-state index contributed by atoms with van der Waals surface area (Å²) >= 11 is 0. The normalized spacial score (nSPS) is 14.2. The summed E-state index contributed by atoms with van der Waals surface area (Å²) in [7, 11) is 0. The lowest BCUT2D eigenvalue weighted by atomic mass is 9.82. The number of phenolic OH excluding ortho intramolecular Hbond substituents is 2. The maximum Gasteiger partial charge on any atom is 0.338 e. The second kappa shape index (κ2) is 8.50. The zero-order valence-corrected chi connectivity index (χ0v) is 14.5. The van der Waals surface area contributed by atoms with E-state index in [1.54, 1.807) is 6.92 Å². The average Bonchev–Trinajstić information content (AvgIpc) is 2.63. The Kier molecular flexibility index (Phi) is 6.36. The van der Waals surface area contributed by atoms with E-state index in [0.717, 1.165) is 12.1 Å². The monoisotopic (exact) mass is 377 g/mol. The van der Waals surface area contributed by atoms with E-state index >= 15 is 0 Å². The number of carbonyl (C=O) groups excluding carboxylic acids is 1. The molecule has 5 N–H and O–H groups in total. The van der Waals surface area contributed by atoms with Crippen molar-refractivity contribution in [2.24, 2.45) is 11.7 Å². The van der Waals surface area contributed by atoms with Gasteiger partial charge in [-0.1, -0.05) is 13.0 Å². The van der Waals surface area contributed by atoms with Crippen molar-refractivity contribution < 1.29 is 34.0 Å². The second-order valence-corrected chi connectivity index (χ2v) is 6.22. The first kappa shape index (κ1) is 20.2. The number of halogens is 1. The van der Waals surface area contributed by atoms with Crippen molar-refractivity contribution in [3.05, 3.63) is 59.4 Å². The Labute approximate surface area is 154 Å². The van der Waals surface area contributed by atoms with E-state index in [9.17, 15) is 29.3 Å². The lowest BCUT2D eigenvalue weighted by Gasteiger charge is -2.27. The molecule has 0 aliphatic carbocycles. The first-order valence-corrected chi connectivity index (χ1v) is 8.13. The summed E-state index contributed by atoms with van der Waals surface area (Å²) in [5, 5.41) is 28.4. The zero-order valence-electron chi connectivity index (χ0n) is 14.5. The van der Waals surface area contributed by atoms with Gasteiger partial charge in [-0.25, -0.2) is 9.18 Å². The average molecular weight is 377 g/mol. The van der Waals surface area contributed by atoms with E-state index < -0.39 is 41.4 Å². The maximum atomic E-state index is 12.9. The van der Waals surface area contributed by atoms with E-state index in [1.165, 1.54) is 30.3 Å². The molecule has 7 nitrogen and oxygen atoms in total. The topological polar surface area (TPSA) is 130 Å². The minimum atomic E-state index is -1.33. The van der Waals surface area contributed by atoms with Gasteiger partial charge in [0, 0.05) is 5.92 Å². The number of nitrogens with two attached hydrogens (primary N) is 1. The van der Waals surface area contributed by atoms with Crippen LogP contribution in [0.3, 0.4) is 0 Å². The van der Waals surface area contributed by atoms with Gasteiger partial charge in [0.25, 0.3) is 0 Å². The molecule has 0 radical (unpaired) electrons. The van der Waals surface area contributed by atoms with E-state index in [4.69, 9.17) is 10.5 Å². The molecule has 0 aliphatic rings. The molecular weight excluding hydrogens is 357 g/mol. The lowest BCUT2D eigenvalue weighted by Crippen LogP contribution is -2.40. The van der Waals surface area contributed by atoms with Gasteiger partial charge in [-0.05, 0) is 47.9 Å². The minimum Gasteiger partial charge on any atom is -0.504 e. The van der Waals surface area contributed by atoms with E-state index in [-0.39, 0.29) is 17.9 Å². The van der Waals surface area contributed by atoms with Crippen LogP contribution in [0.2, 0.25) is 0 Å². The maximum absolute atomic E-state index is 12.9. The quantitative estimate of drug-likeness (QED) is 0.430. The van der Waals surface area contributed by atoms with Crippen LogP contribution in [0.25, 0.3) is 0 Å². The molecule has 2 aromatic rings. The highest BCUT2D eigenvalue weighted by Gasteiger charge is 2.32. The van der Waals surface area contributed by atoms with Crippen molar-refractivity contribution >= 4 is 11.9 Å². The van der Waals surface area contributed by atoms with Crippen LogP contribution in [0.5, 0.6) is 11.5 Å². The molecule has 2 rings (SSSR count). The van der Waals surface area contributed by atoms with Crippen LogP contribution in [-0.4, -0.2) is 39.9 Å². The number of benzene rings is 2. The number of carboxylic acids is 1. The highest BCUT2D eigenvalue weighted by Crippen LogP contribution is 2.34. The predicted molar refractivity (Wildman–Crippen MR) is 94.0 cm³/mol. The summed E-state index contributed by atoms with van der Waals surface area (Å²) in [6.45, 7) is 1.50. The van der Waals surface area contributed by atoms with Gasteiger partial charge < -0.3 is 25.8 Å². The van der Waals surface area contributed by atoms with Gasteiger partial charge in [0.1, 0.15) is 11.9 Å². The number of aliphatic carboxylic acids is 1. The number of aromatic hydroxyl groups is 2. The Morgan fingerprint density at radius 3 is 2.30 bits per heavy atom. The van der Waals surface area contributed by atoms with Gasteiger partial charge in [-0.3, -0.25) is 4.79 Å². The summed E-state index contributed by atoms with van der Waals surface area (Å²) < 4.78 is 18.1. The van der Waals surface area contributed by atoms with Gasteiger partial charge >= 0.3 is 11.9 Å². The molecule has 27 heavy (non-hydrogen) atoms. The Morgan fingerprint density at radius 1 is 1.11 bits per heavy atom. The van der Waals surface area contributed by atoms with Crippen molar-refractivity contribution in [2.75, 3.05) is 6.61 Å². The molecule has 2 aromatic carbocycles. The standard InChI is InChI=1S/C19H20FNO6/c1-10(9-27-19(26)11-2-5-13(20)6-3-11)16(17(21)18(24)25)12-4-7-14(22)15(23)8-12/h2-8,10,16-17,22-23H,9,21H2,1H3,(H,24,25)/t10-,16?,17+/m1/s1. The van der Waals surface area contributed by atoms with Crippen molar-refractivity contribution in [3.8, 4) is 11.5 Å². The highest BCUT2D eigenvalue weighted by molar-refractivity contribution is 5.89. The third kappa shape index (κ3) is 4.95. The van der Waals surface area contributed by atoms with E-state index in [2.05, 4.69) is 0 Å². The predicted octanol–water partition coefficient (Wildman–Crippen LogP) is 2.23. The van der Waals surface area contributed by atoms with Crippen molar-refractivity contribution in [2.45, 2.75) is 18.9 Å². The summed E-state index contributed by atoms with van der Waals surface area (Å²) in [6, 6.07) is 7.38. The summed E-state index contributed by atoms with van der Waals surface area (Å²) in [5.74, 6) is -4.51. The van der Waals surface area contributed by atoms with Gasteiger partial charge in [0.05, 0.1) is 12.2 Å². The lowest BCUT2D eigenvalue weighted by molar-refractivity contribution is -0.139. The number of carbonyl (C=O) groups is 2. The fourth-order valence-corrected chi connectivity index (χ4v) is 2.77. The Morgan fingerprint density at radius 2 is 1.74 bits per heavy atom. The zero-order chi connectivity index (χ0) is 20.1. The van der Waals surface area contributed by atoms with Crippen LogP contribution in [0.1, 0.15) is 28.8 Å². The van der Waals surface area contributed by atoms with Crippen molar-refractivity contribution in [1.82, 2.24) is 0 Å². The molecule has 0 bridgehead atoms. The van der Waals surface area contributed by atoms with E-state index in [1.807, 2.05) is 0 Å². The molecule has 0 aromatic heterocycles. The van der Waals surface area contributed by atoms with Gasteiger partial charge in [0.15, 0.2) is 11.5 Å². The van der Waals surface area contributed by atoms with Crippen LogP contribution >= 0.6 is 0 Å². The summed E-state index contributed by atoms with van der Waals surface area (Å²) in [5.41, 5.74) is 6.33. The smallest absolute Gasteiger partial charge is 0.338 e. The summed E-state index contributed by atoms with van der Waals surface area (Å²) in [6.07, 6.45) is 0. The highest BCUT2D eigenvalue weighted by atomic mass is 19.1. The first-order chi connectivity index (χ1) is 12.7. The van der Waals surface area contributed by atoms with Crippen LogP contribution < -0.4 is 5.73 Å². The summed E-state index contributed by atoms with van der Waals surface area (Å²) in [4.78, 5) is 23.4. The van der Waals surface area contributed by atoms with Crippen LogP contribution in [0, 0.1) is 11.7 Å². The molecule has 0 saturated heterocycles. The first-order valence-electron chi connectivity index (χ1n) is 8.13.